The number of phenolic OH excluding ortho intramolecular Hbond substituents is 2. The fraction of sp³-hybridized carbons (Fsp3) is 0.451. The van der Waals surface area contributed by atoms with Crippen LogP contribution in [0.2, 0.25) is 0 Å². The van der Waals surface area contributed by atoms with E-state index in [2.05, 4.69) is 21.9 Å². The van der Waals surface area contributed by atoms with Crippen molar-refractivity contribution >= 4 is 85.2 Å². The van der Waals surface area contributed by atoms with Gasteiger partial charge in [-0.25, -0.2) is 4.79 Å². The molecule has 3 aliphatic heterocycles. The Labute approximate surface area is 399 Å². The lowest BCUT2D eigenvalue weighted by Crippen LogP contribution is -2.34. The number of carbonyl (C=O) groups is 4. The van der Waals surface area contributed by atoms with E-state index in [-0.39, 0.29) is 89.1 Å². The summed E-state index contributed by atoms with van der Waals surface area (Å²) in [7, 11) is 2.79. The number of aryl methyl sites for hydroxylation is 1. The smallest absolute Gasteiger partial charge is 0.319 e. The molecule has 4 amide bonds. The summed E-state index contributed by atoms with van der Waals surface area (Å²) in [6.07, 6.45) is 15.9. The summed E-state index contributed by atoms with van der Waals surface area (Å²) in [5.41, 5.74) is 11.7. The predicted octanol–water partition coefficient (Wildman–Crippen LogP) is 10.1. The highest BCUT2D eigenvalue weighted by molar-refractivity contribution is 6.20. The number of aromatic amines is 3. The van der Waals surface area contributed by atoms with Crippen LogP contribution in [0.1, 0.15) is 133 Å². The molecule has 17 heteroatoms. The molecule has 0 bridgehead atoms. The van der Waals surface area contributed by atoms with Crippen LogP contribution in [-0.2, 0) is 17.6 Å². The van der Waals surface area contributed by atoms with Gasteiger partial charge in [0.25, 0.3) is 11.8 Å². The highest BCUT2D eigenvalue weighted by Crippen LogP contribution is 2.52. The molecule has 7 N–H and O–H groups in total. The van der Waals surface area contributed by atoms with Crippen LogP contribution in [0.4, 0.5) is 21.9 Å². The van der Waals surface area contributed by atoms with Gasteiger partial charge in [0.1, 0.15) is 11.4 Å². The van der Waals surface area contributed by atoms with Crippen LogP contribution in [0.25, 0.3) is 32.7 Å². The predicted molar refractivity (Wildman–Crippen MR) is 264 cm³/mol. The van der Waals surface area contributed by atoms with Crippen molar-refractivity contribution in [1.29, 1.82) is 0 Å². The first-order valence-corrected chi connectivity index (χ1v) is 24.5. The average molecular weight is 951 g/mol. The number of fused-ring (bicyclic) bond motifs is 9. The number of amides is 4. The molecule has 0 aliphatic carbocycles. The highest BCUT2D eigenvalue weighted by Gasteiger charge is 2.40. The zero-order valence-electron chi connectivity index (χ0n) is 39.2. The Bertz CT molecular complexity index is 2970. The monoisotopic (exact) mass is 949 g/mol. The third kappa shape index (κ3) is 7.99. The van der Waals surface area contributed by atoms with Crippen LogP contribution >= 0.6 is 11.6 Å². The van der Waals surface area contributed by atoms with Crippen LogP contribution in [0.15, 0.2) is 24.4 Å². The summed E-state index contributed by atoms with van der Waals surface area (Å²) in [5.74, 6) is -1.19. The molecule has 0 saturated carbocycles. The molecule has 0 spiro atoms. The van der Waals surface area contributed by atoms with E-state index in [9.17, 15) is 29.4 Å². The second kappa shape index (κ2) is 19.2. The molecule has 360 valence electrons. The fourth-order valence-corrected chi connectivity index (χ4v) is 11.1. The first kappa shape index (κ1) is 46.6. The number of unbranched alkanes of at least 4 members (excludes halogenated alkanes) is 10. The molecule has 3 aromatic carbocycles. The molecule has 3 aliphatic rings. The zero-order valence-corrected chi connectivity index (χ0v) is 39.9. The number of urea groups is 1. The molecule has 6 heterocycles. The Morgan fingerprint density at radius 3 is 1.82 bits per heavy atom. The standard InChI is InChI=1S/C51H60ClN7O9/c1-5-6-7-8-9-10-11-12-13-14-15-16-37(60)68-36-23-35-39(38-27(2)25-54-42(36)38)28(24-52)26-59(35)50(64)34-22-31-29-17-19-57(43(29)45(61)47(66-3)40(31)56-34)49(63)33-21-32-30-18-20-58(51(53)65)44(30)46(62)48(67-4)41(32)55-33/h21-23,25,28,54-56,61-62H,5-20,24,26H2,1-4H3,(H2,53,65)/t28-/m1/s1. The molecular weight excluding hydrogens is 890 g/mol. The number of anilines is 3. The Kier molecular flexibility index (Phi) is 13.2. The number of aromatic nitrogens is 3. The average Bonchev–Trinajstić information content (AvgIpc) is 4.19. The number of carbonyl (C=O) groups excluding carboxylic acids is 4. The molecule has 0 saturated heterocycles. The quantitative estimate of drug-likeness (QED) is 0.0209. The van der Waals surface area contributed by atoms with E-state index in [0.717, 1.165) is 35.8 Å². The third-order valence-electron chi connectivity index (χ3n) is 14.2. The molecule has 0 radical (unpaired) electrons. The minimum Gasteiger partial charge on any atom is -0.503 e. The summed E-state index contributed by atoms with van der Waals surface area (Å²) in [6.45, 7) is 4.94. The van der Waals surface area contributed by atoms with Gasteiger partial charge in [-0.2, -0.15) is 0 Å². The van der Waals surface area contributed by atoms with E-state index in [1.165, 1.54) is 75.4 Å². The van der Waals surface area contributed by atoms with Gasteiger partial charge in [0.15, 0.2) is 28.7 Å². The van der Waals surface area contributed by atoms with Crippen molar-refractivity contribution in [2.45, 2.75) is 110 Å². The Hall–Kier alpha value is -6.55. The van der Waals surface area contributed by atoms with Gasteiger partial charge in [-0.3, -0.25) is 19.3 Å². The van der Waals surface area contributed by atoms with Gasteiger partial charge < -0.3 is 54.9 Å². The van der Waals surface area contributed by atoms with Gasteiger partial charge in [-0.1, -0.05) is 71.1 Å². The summed E-state index contributed by atoms with van der Waals surface area (Å²) < 4.78 is 17.4. The topological polar surface area (TPSA) is 220 Å². The van der Waals surface area contributed by atoms with E-state index in [4.69, 9.17) is 31.5 Å². The lowest BCUT2D eigenvalue weighted by molar-refractivity contribution is -0.134. The number of nitrogens with two attached hydrogens (primary N) is 1. The van der Waals surface area contributed by atoms with Crippen LogP contribution < -0.4 is 34.6 Å². The summed E-state index contributed by atoms with van der Waals surface area (Å²) in [5, 5.41) is 25.1. The maximum atomic E-state index is 14.8. The molecular formula is C51H60ClN7O9. The zero-order chi connectivity index (χ0) is 48.0. The maximum absolute atomic E-state index is 14.8. The van der Waals surface area contributed by atoms with Crippen LogP contribution in [0.3, 0.4) is 0 Å². The highest BCUT2D eigenvalue weighted by atomic mass is 35.5. The SMILES string of the molecule is CCCCCCCCCCCCCC(=O)Oc1cc2c(c3c(C)c[nH]c13)[C@H](CCl)CN2C(=O)c1cc2c3c(c(O)c(OC)c2[nH]1)N(C(=O)c1cc2c4c(c(O)c(OC)c2[nH]1)N(C(N)=O)CC4)CC3. The third-order valence-corrected chi connectivity index (χ3v) is 14.5. The molecule has 16 nitrogen and oxygen atoms in total. The molecule has 0 fully saturated rings. The van der Waals surface area contributed by atoms with Crippen molar-refractivity contribution in [1.82, 2.24) is 15.0 Å². The Morgan fingerprint density at radius 2 is 1.28 bits per heavy atom. The number of esters is 1. The largest absolute Gasteiger partial charge is 0.503 e. The minimum absolute atomic E-state index is 0.0567. The second-order valence-electron chi connectivity index (χ2n) is 18.4. The Balaban J connectivity index is 0.973. The van der Waals surface area contributed by atoms with Gasteiger partial charge in [0.2, 0.25) is 0 Å². The summed E-state index contributed by atoms with van der Waals surface area (Å²) >= 11 is 6.63. The number of ether oxygens (including phenoxy) is 3. The second-order valence-corrected chi connectivity index (χ2v) is 18.7. The lowest BCUT2D eigenvalue weighted by Gasteiger charge is -2.19. The first-order chi connectivity index (χ1) is 32.9. The molecule has 3 aromatic heterocycles. The van der Waals surface area contributed by atoms with Crippen molar-refractivity contribution in [3.8, 4) is 28.7 Å². The maximum Gasteiger partial charge on any atom is 0.319 e. The fourth-order valence-electron chi connectivity index (χ4n) is 10.9. The number of phenols is 2. The number of aromatic hydroxyl groups is 2. The minimum atomic E-state index is -0.721. The first-order valence-electron chi connectivity index (χ1n) is 23.9. The van der Waals surface area contributed by atoms with Crippen LogP contribution in [0, 0.1) is 6.92 Å². The number of H-pyrrole nitrogens is 3. The molecule has 68 heavy (non-hydrogen) atoms. The molecule has 6 aromatic rings. The number of benzene rings is 3. The number of methoxy groups -OCH3 is 2. The lowest BCUT2D eigenvalue weighted by atomic mass is 9.96. The normalized spacial score (nSPS) is 15.2. The number of primary amides is 1. The van der Waals surface area contributed by atoms with E-state index in [0.29, 0.717) is 69.1 Å². The summed E-state index contributed by atoms with van der Waals surface area (Å²) in [6, 6.07) is 4.41. The van der Waals surface area contributed by atoms with Crippen molar-refractivity contribution < 1.29 is 43.6 Å². The van der Waals surface area contributed by atoms with Gasteiger partial charge in [-0.15, -0.1) is 11.6 Å². The van der Waals surface area contributed by atoms with Crippen molar-refractivity contribution in [3.63, 3.8) is 0 Å². The van der Waals surface area contributed by atoms with Crippen molar-refractivity contribution in [3.05, 3.63) is 58.0 Å². The van der Waals surface area contributed by atoms with Crippen LogP contribution in [0.5, 0.6) is 28.7 Å². The van der Waals surface area contributed by atoms with E-state index in [1.54, 1.807) is 23.1 Å². The van der Waals surface area contributed by atoms with E-state index >= 15 is 0 Å². The molecule has 1 atom stereocenters. The summed E-state index contributed by atoms with van der Waals surface area (Å²) in [4.78, 5) is 68.9. The number of alkyl halides is 1. The molecule has 9 rings (SSSR count). The number of hydrogen-bond donors (Lipinski definition) is 6. The van der Waals surface area contributed by atoms with Gasteiger partial charge in [0, 0.05) is 66.3 Å². The molecule has 0 unspecified atom stereocenters. The Morgan fingerprint density at radius 1 is 0.750 bits per heavy atom. The van der Waals surface area contributed by atoms with Crippen molar-refractivity contribution in [2.75, 3.05) is 54.4 Å². The number of hydrogen-bond acceptors (Lipinski definition) is 9. The van der Waals surface area contributed by atoms with E-state index < -0.39 is 11.9 Å². The van der Waals surface area contributed by atoms with Gasteiger partial charge in [-0.05, 0) is 60.6 Å². The number of halogens is 1. The van der Waals surface area contributed by atoms with Crippen molar-refractivity contribution in [2.24, 2.45) is 5.73 Å². The van der Waals surface area contributed by atoms with E-state index in [1.807, 2.05) is 13.1 Å². The number of nitrogens with one attached hydrogen (secondary N) is 3. The van der Waals surface area contributed by atoms with Crippen LogP contribution in [-0.4, -0.2) is 88.7 Å². The van der Waals surface area contributed by atoms with Gasteiger partial charge >= 0.3 is 12.0 Å². The van der Waals surface area contributed by atoms with Gasteiger partial charge in [0.05, 0.1) is 47.8 Å². The number of nitrogens with zero attached hydrogens (tertiary/aromatic N) is 3. The number of rotatable bonds is 18.